The zero-order valence-corrected chi connectivity index (χ0v) is 13.5. The molecule has 18 heavy (non-hydrogen) atoms. The summed E-state index contributed by atoms with van der Waals surface area (Å²) in [5.41, 5.74) is 1.19. The molecule has 0 N–H and O–H groups in total. The van der Waals surface area contributed by atoms with Crippen LogP contribution in [0.4, 0.5) is 0 Å². The Bertz CT molecular complexity index is 330. The zero-order chi connectivity index (χ0) is 13.2. The van der Waals surface area contributed by atoms with Gasteiger partial charge in [0, 0.05) is 17.2 Å². The molecule has 1 nitrogen and oxygen atoms in total. The molecule has 1 unspecified atom stereocenters. The van der Waals surface area contributed by atoms with Crippen LogP contribution in [0.5, 0.6) is 0 Å². The van der Waals surface area contributed by atoms with E-state index in [4.69, 9.17) is 11.6 Å². The van der Waals surface area contributed by atoms with E-state index in [-0.39, 0.29) is 0 Å². The van der Waals surface area contributed by atoms with E-state index in [1.165, 1.54) is 50.5 Å². The minimum absolute atomic E-state index is 0.531. The Morgan fingerprint density at radius 3 is 2.67 bits per heavy atom. The second-order valence-corrected chi connectivity index (χ2v) is 6.53. The normalized spacial score (nSPS) is 12.6. The minimum Gasteiger partial charge on any atom is -0.263 e. The van der Waals surface area contributed by atoms with E-state index < -0.39 is 0 Å². The lowest BCUT2D eigenvalue weighted by atomic mass is 10.0. The number of nitrogens with zero attached hydrogens (tertiary/aromatic N) is 1. The van der Waals surface area contributed by atoms with Crippen molar-refractivity contribution in [2.24, 2.45) is 0 Å². The highest BCUT2D eigenvalue weighted by Gasteiger charge is 2.08. The summed E-state index contributed by atoms with van der Waals surface area (Å²) in [4.78, 5) is 4.54. The maximum Gasteiger partial charge on any atom is 0.0621 e. The maximum absolute atomic E-state index is 6.10. The van der Waals surface area contributed by atoms with E-state index in [1.54, 1.807) is 6.20 Å². The Balaban J connectivity index is 2.14. The van der Waals surface area contributed by atoms with Gasteiger partial charge in [-0.05, 0) is 24.5 Å². The fourth-order valence-corrected chi connectivity index (χ4v) is 2.93. The smallest absolute Gasteiger partial charge is 0.0621 e. The Morgan fingerprint density at radius 1 is 1.22 bits per heavy atom. The van der Waals surface area contributed by atoms with Gasteiger partial charge >= 0.3 is 0 Å². The van der Waals surface area contributed by atoms with E-state index >= 15 is 0 Å². The molecule has 0 amide bonds. The standard InChI is InChI=1S/C15H23BrClN/c1-2-3-4-5-6-7-8-14(16)11-13-9-10-18-12-15(13)17/h9-10,12,14H,2-8,11H2,1H3. The van der Waals surface area contributed by atoms with E-state index in [0.29, 0.717) is 4.83 Å². The highest BCUT2D eigenvalue weighted by atomic mass is 79.9. The molecule has 0 aliphatic rings. The van der Waals surface area contributed by atoms with Crippen LogP contribution in [0.25, 0.3) is 0 Å². The molecule has 1 heterocycles. The average Bonchev–Trinajstić information content (AvgIpc) is 2.36. The van der Waals surface area contributed by atoms with Crippen LogP contribution in [0.15, 0.2) is 18.5 Å². The SMILES string of the molecule is CCCCCCCCC(Br)Cc1ccncc1Cl. The molecule has 0 radical (unpaired) electrons. The molecule has 0 aromatic carbocycles. The molecule has 0 aliphatic heterocycles. The van der Waals surface area contributed by atoms with Crippen LogP contribution in [-0.4, -0.2) is 9.81 Å². The maximum atomic E-state index is 6.10. The zero-order valence-electron chi connectivity index (χ0n) is 11.2. The highest BCUT2D eigenvalue weighted by molar-refractivity contribution is 9.09. The lowest BCUT2D eigenvalue weighted by Gasteiger charge is -2.10. The predicted molar refractivity (Wildman–Crippen MR) is 83.7 cm³/mol. The first-order valence-electron chi connectivity index (χ1n) is 6.96. The molecule has 1 aromatic heterocycles. The van der Waals surface area contributed by atoms with Gasteiger partial charge in [0.05, 0.1) is 5.02 Å². The summed E-state index contributed by atoms with van der Waals surface area (Å²) in [7, 11) is 0. The van der Waals surface area contributed by atoms with Gasteiger partial charge in [0.2, 0.25) is 0 Å². The molecule has 102 valence electrons. The topological polar surface area (TPSA) is 12.9 Å². The first kappa shape index (κ1) is 16.0. The van der Waals surface area contributed by atoms with Gasteiger partial charge in [-0.25, -0.2) is 0 Å². The first-order chi connectivity index (χ1) is 8.74. The third kappa shape index (κ3) is 6.75. The Labute approximate surface area is 124 Å². The van der Waals surface area contributed by atoms with Crippen LogP contribution < -0.4 is 0 Å². The predicted octanol–water partition coefficient (Wildman–Crippen LogP) is 5.79. The van der Waals surface area contributed by atoms with Crippen LogP contribution in [0.2, 0.25) is 5.02 Å². The third-order valence-corrected chi connectivity index (χ3v) is 4.29. The number of aromatic nitrogens is 1. The van der Waals surface area contributed by atoms with Gasteiger partial charge in [-0.2, -0.15) is 0 Å². The lowest BCUT2D eigenvalue weighted by Crippen LogP contribution is -2.03. The largest absolute Gasteiger partial charge is 0.263 e. The van der Waals surface area contributed by atoms with Gasteiger partial charge in [-0.3, -0.25) is 4.98 Å². The molecule has 1 atom stereocenters. The van der Waals surface area contributed by atoms with Crippen LogP contribution in [0.1, 0.15) is 57.4 Å². The summed E-state index contributed by atoms with van der Waals surface area (Å²) in [6.45, 7) is 2.26. The summed E-state index contributed by atoms with van der Waals surface area (Å²) in [5, 5.41) is 0.782. The minimum atomic E-state index is 0.531. The number of unbranched alkanes of at least 4 members (excludes halogenated alkanes) is 5. The van der Waals surface area contributed by atoms with E-state index in [9.17, 15) is 0 Å². The van der Waals surface area contributed by atoms with Crippen molar-refractivity contribution in [3.05, 3.63) is 29.0 Å². The van der Waals surface area contributed by atoms with E-state index in [2.05, 4.69) is 27.8 Å². The molecule has 0 bridgehead atoms. The van der Waals surface area contributed by atoms with Crippen molar-refractivity contribution in [1.82, 2.24) is 4.98 Å². The van der Waals surface area contributed by atoms with Gasteiger partial charge < -0.3 is 0 Å². The van der Waals surface area contributed by atoms with Gasteiger partial charge in [-0.15, -0.1) is 0 Å². The van der Waals surface area contributed by atoms with Crippen molar-refractivity contribution in [2.75, 3.05) is 0 Å². The van der Waals surface area contributed by atoms with Crippen molar-refractivity contribution in [1.29, 1.82) is 0 Å². The van der Waals surface area contributed by atoms with Crippen LogP contribution in [-0.2, 0) is 6.42 Å². The fourth-order valence-electron chi connectivity index (χ4n) is 2.06. The second kappa shape index (κ2) is 9.80. The molecule has 0 aliphatic carbocycles. The number of hydrogen-bond donors (Lipinski definition) is 0. The van der Waals surface area contributed by atoms with Gasteiger partial charge in [0.1, 0.15) is 0 Å². The Hall–Kier alpha value is -0.0800. The second-order valence-electron chi connectivity index (χ2n) is 4.82. The van der Waals surface area contributed by atoms with E-state index in [0.717, 1.165) is 11.4 Å². The van der Waals surface area contributed by atoms with Crippen molar-refractivity contribution in [3.8, 4) is 0 Å². The van der Waals surface area contributed by atoms with Gasteiger partial charge in [0.25, 0.3) is 0 Å². The molecular weight excluding hydrogens is 310 g/mol. The lowest BCUT2D eigenvalue weighted by molar-refractivity contribution is 0.582. The fraction of sp³-hybridized carbons (Fsp3) is 0.667. The summed E-state index contributed by atoms with van der Waals surface area (Å²) < 4.78 is 0. The van der Waals surface area contributed by atoms with Gasteiger partial charge in [-0.1, -0.05) is 73.0 Å². The Morgan fingerprint density at radius 2 is 1.94 bits per heavy atom. The van der Waals surface area contributed by atoms with Crippen LogP contribution in [0, 0.1) is 0 Å². The van der Waals surface area contributed by atoms with Crippen molar-refractivity contribution in [2.45, 2.75) is 63.1 Å². The Kier molecular flexibility index (Phi) is 8.70. The summed E-state index contributed by atoms with van der Waals surface area (Å²) in [5.74, 6) is 0. The highest BCUT2D eigenvalue weighted by Crippen LogP contribution is 2.21. The molecule has 1 rings (SSSR count). The van der Waals surface area contributed by atoms with Crippen molar-refractivity contribution in [3.63, 3.8) is 0 Å². The molecule has 3 heteroatoms. The third-order valence-electron chi connectivity index (χ3n) is 3.17. The number of pyridine rings is 1. The van der Waals surface area contributed by atoms with Crippen molar-refractivity contribution < 1.29 is 0 Å². The quantitative estimate of drug-likeness (QED) is 0.412. The van der Waals surface area contributed by atoms with Crippen molar-refractivity contribution >= 4 is 27.5 Å². The molecular formula is C15H23BrClN. The van der Waals surface area contributed by atoms with Crippen LogP contribution in [0.3, 0.4) is 0 Å². The number of rotatable bonds is 9. The molecule has 0 saturated carbocycles. The average molecular weight is 333 g/mol. The van der Waals surface area contributed by atoms with E-state index in [1.807, 2.05) is 12.3 Å². The summed E-state index contributed by atoms with van der Waals surface area (Å²) >= 11 is 9.86. The number of halogens is 2. The first-order valence-corrected chi connectivity index (χ1v) is 8.26. The number of hydrogen-bond acceptors (Lipinski definition) is 1. The summed E-state index contributed by atoms with van der Waals surface area (Å²) in [6.07, 6.45) is 13.9. The molecule has 0 spiro atoms. The molecule has 0 saturated heterocycles. The molecule has 1 aromatic rings. The molecule has 0 fully saturated rings. The number of alkyl halides is 1. The monoisotopic (exact) mass is 331 g/mol. The van der Waals surface area contributed by atoms with Crippen LogP contribution >= 0.6 is 27.5 Å². The van der Waals surface area contributed by atoms with Gasteiger partial charge in [0.15, 0.2) is 0 Å². The summed E-state index contributed by atoms with van der Waals surface area (Å²) in [6, 6.07) is 2.01.